The number of benzene rings is 1. The van der Waals surface area contributed by atoms with Crippen LogP contribution < -0.4 is 4.74 Å². The Kier molecular flexibility index (Phi) is 10.4. The first-order chi connectivity index (χ1) is 16.3. The van der Waals surface area contributed by atoms with E-state index in [1.54, 1.807) is 6.92 Å². The van der Waals surface area contributed by atoms with Crippen LogP contribution in [0.5, 0.6) is 5.75 Å². The van der Waals surface area contributed by atoms with E-state index in [0.717, 1.165) is 30.5 Å². The van der Waals surface area contributed by atoms with Crippen LogP contribution in [0.25, 0.3) is 0 Å². The molecular formula is C26H33F4NO3S. The van der Waals surface area contributed by atoms with Crippen LogP contribution in [0.2, 0.25) is 0 Å². The first kappa shape index (κ1) is 28.9. The van der Waals surface area contributed by atoms with Gasteiger partial charge in [-0.1, -0.05) is 13.8 Å². The lowest BCUT2D eigenvalue weighted by Gasteiger charge is -2.15. The highest BCUT2D eigenvalue weighted by atomic mass is 32.1. The van der Waals surface area contributed by atoms with E-state index in [0.29, 0.717) is 30.2 Å². The van der Waals surface area contributed by atoms with E-state index in [9.17, 15) is 27.2 Å². The van der Waals surface area contributed by atoms with Crippen LogP contribution in [0.15, 0.2) is 23.6 Å². The fraction of sp³-hybridized carbons (Fsp3) is 0.577. The van der Waals surface area contributed by atoms with Gasteiger partial charge >= 0.3 is 0 Å². The molecule has 4 rings (SSSR count). The Morgan fingerprint density at radius 1 is 1.09 bits per heavy atom. The lowest BCUT2D eigenvalue weighted by atomic mass is 9.90. The minimum Gasteiger partial charge on any atom is -0.490 e. The van der Waals surface area contributed by atoms with Gasteiger partial charge in [-0.15, -0.1) is 0 Å². The van der Waals surface area contributed by atoms with Gasteiger partial charge in [0, 0.05) is 30.7 Å². The summed E-state index contributed by atoms with van der Waals surface area (Å²) in [6.45, 7) is 8.31. The second-order valence-electron chi connectivity index (χ2n) is 9.51. The molecule has 9 heteroatoms. The highest BCUT2D eigenvalue weighted by molar-refractivity contribution is 7.03. The molecule has 4 atom stereocenters. The molecule has 4 unspecified atom stereocenters. The summed E-state index contributed by atoms with van der Waals surface area (Å²) < 4.78 is 60.9. The van der Waals surface area contributed by atoms with Crippen molar-refractivity contribution in [3.05, 3.63) is 46.5 Å². The molecule has 0 aliphatic heterocycles. The third-order valence-electron chi connectivity index (χ3n) is 6.23. The molecule has 2 aliphatic carbocycles. The summed E-state index contributed by atoms with van der Waals surface area (Å²) in [6.07, 6.45) is 2.96. The zero-order valence-electron chi connectivity index (χ0n) is 20.7. The van der Waals surface area contributed by atoms with Crippen LogP contribution in [-0.4, -0.2) is 28.0 Å². The Hall–Kier alpha value is -2.29. The maximum Gasteiger partial charge on any atom is 0.250 e. The molecule has 35 heavy (non-hydrogen) atoms. The van der Waals surface area contributed by atoms with Gasteiger partial charge in [-0.2, -0.15) is 4.37 Å². The summed E-state index contributed by atoms with van der Waals surface area (Å²) in [5.41, 5.74) is 1.52. The smallest absolute Gasteiger partial charge is 0.250 e. The van der Waals surface area contributed by atoms with Gasteiger partial charge in [-0.3, -0.25) is 4.79 Å². The number of aromatic nitrogens is 1. The van der Waals surface area contributed by atoms with Gasteiger partial charge in [-0.05, 0) is 80.6 Å². The highest BCUT2D eigenvalue weighted by Gasteiger charge is 2.40. The van der Waals surface area contributed by atoms with E-state index in [1.165, 1.54) is 38.4 Å². The minimum atomic E-state index is -2.35. The van der Waals surface area contributed by atoms with Crippen LogP contribution in [-0.2, 0) is 4.79 Å². The molecule has 0 N–H and O–H groups in total. The summed E-state index contributed by atoms with van der Waals surface area (Å²) in [5, 5.41) is 1.93. The van der Waals surface area contributed by atoms with Crippen LogP contribution >= 0.6 is 11.5 Å². The topological polar surface area (TPSA) is 56.3 Å². The van der Waals surface area contributed by atoms with Crippen LogP contribution in [0.3, 0.4) is 0 Å². The first-order valence-electron chi connectivity index (χ1n) is 11.7. The van der Waals surface area contributed by atoms with E-state index in [2.05, 4.69) is 11.3 Å². The average molecular weight is 516 g/mol. The van der Waals surface area contributed by atoms with Gasteiger partial charge < -0.3 is 9.53 Å². The number of nitrogens with zero attached hydrogens (tertiary/aromatic N) is 1. The lowest BCUT2D eigenvalue weighted by Crippen LogP contribution is -2.17. The van der Waals surface area contributed by atoms with E-state index >= 15 is 0 Å². The van der Waals surface area contributed by atoms with Crippen molar-refractivity contribution >= 4 is 23.1 Å². The average Bonchev–Trinajstić information content (AvgIpc) is 3.44. The molecule has 0 radical (unpaired) electrons. The SMILES string of the molecule is CC(=O)c1nscc1C1CC(Oc2ccc(F)c(F)c2)CC1C.CC(C)=O.CC1CCCC1(F)F. The van der Waals surface area contributed by atoms with Crippen molar-refractivity contribution in [2.24, 2.45) is 11.8 Å². The summed E-state index contributed by atoms with van der Waals surface area (Å²) in [5.74, 6) is -3.52. The Bertz CT molecular complexity index is 1010. The molecule has 1 heterocycles. The number of carbonyl (C=O) groups is 2. The van der Waals surface area contributed by atoms with E-state index in [-0.39, 0.29) is 35.9 Å². The number of alkyl halides is 2. The van der Waals surface area contributed by atoms with Gasteiger partial charge in [0.1, 0.15) is 17.2 Å². The Balaban J connectivity index is 0.000000297. The van der Waals surface area contributed by atoms with E-state index < -0.39 is 17.6 Å². The molecule has 2 fully saturated rings. The van der Waals surface area contributed by atoms with E-state index in [1.807, 2.05) is 5.38 Å². The van der Waals surface area contributed by atoms with Crippen molar-refractivity contribution in [1.82, 2.24) is 4.37 Å². The molecule has 2 saturated carbocycles. The first-order valence-corrected chi connectivity index (χ1v) is 12.6. The van der Waals surface area contributed by atoms with Crippen molar-refractivity contribution in [3.63, 3.8) is 0 Å². The van der Waals surface area contributed by atoms with Crippen LogP contribution in [0.1, 0.15) is 88.7 Å². The Morgan fingerprint density at radius 3 is 2.23 bits per heavy atom. The maximum absolute atomic E-state index is 13.3. The van der Waals surface area contributed by atoms with Crippen LogP contribution in [0.4, 0.5) is 17.6 Å². The van der Waals surface area contributed by atoms with Gasteiger partial charge in [0.25, 0.3) is 5.92 Å². The normalized spacial score (nSPS) is 24.6. The standard InChI is InChI=1S/C17H17F2NO2S.C6H10F2.C3H6O/c1-9-5-12(22-11-3-4-15(18)16(19)7-11)6-13(9)14-8-23-20-17(14)10(2)21;1-5-3-2-4-6(5,7)8;1-3(2)4/h3-4,7-9,12-13H,5-6H2,1-2H3;5H,2-4H2,1H3;1-2H3. The zero-order chi connectivity index (χ0) is 26.3. The Morgan fingerprint density at radius 2 is 1.74 bits per heavy atom. The van der Waals surface area contributed by atoms with Crippen LogP contribution in [0, 0.1) is 23.5 Å². The number of Topliss-reactive ketones (excluding diaryl/α,β-unsaturated/α-hetero) is 2. The predicted molar refractivity (Wildman–Crippen MR) is 128 cm³/mol. The van der Waals surface area contributed by atoms with Gasteiger partial charge in [0.15, 0.2) is 17.4 Å². The van der Waals surface area contributed by atoms with E-state index in [4.69, 9.17) is 4.74 Å². The maximum atomic E-state index is 13.3. The summed E-state index contributed by atoms with van der Waals surface area (Å²) in [6, 6.07) is 3.57. The molecule has 1 aromatic heterocycles. The second kappa shape index (κ2) is 12.6. The number of rotatable bonds is 4. The molecule has 4 nitrogen and oxygen atoms in total. The molecule has 0 spiro atoms. The predicted octanol–water partition coefficient (Wildman–Crippen LogP) is 7.62. The zero-order valence-corrected chi connectivity index (χ0v) is 21.6. The lowest BCUT2D eigenvalue weighted by molar-refractivity contribution is -0.115. The van der Waals surface area contributed by atoms with Crippen molar-refractivity contribution in [1.29, 1.82) is 0 Å². The number of hydrogen-bond donors (Lipinski definition) is 0. The molecule has 0 amide bonds. The third-order valence-corrected chi connectivity index (χ3v) is 6.88. The van der Waals surface area contributed by atoms with Crippen molar-refractivity contribution in [2.75, 3.05) is 0 Å². The largest absolute Gasteiger partial charge is 0.490 e. The Labute approximate surface area is 208 Å². The monoisotopic (exact) mass is 515 g/mol. The number of ketones is 2. The van der Waals surface area contributed by atoms with Crippen molar-refractivity contribution in [3.8, 4) is 5.75 Å². The number of carbonyl (C=O) groups excluding carboxylic acids is 2. The number of halogens is 4. The molecule has 2 aliphatic rings. The molecular weight excluding hydrogens is 482 g/mol. The third kappa shape index (κ3) is 8.40. The highest BCUT2D eigenvalue weighted by Crippen LogP contribution is 2.43. The molecule has 0 saturated heterocycles. The number of ether oxygens (including phenoxy) is 1. The minimum absolute atomic E-state index is 0.0292. The second-order valence-corrected chi connectivity index (χ2v) is 10.1. The summed E-state index contributed by atoms with van der Waals surface area (Å²) >= 11 is 1.29. The molecule has 1 aromatic carbocycles. The van der Waals surface area contributed by atoms with Gasteiger partial charge in [0.05, 0.1) is 6.10 Å². The van der Waals surface area contributed by atoms with Crippen molar-refractivity contribution < 1.29 is 31.9 Å². The fourth-order valence-electron chi connectivity index (χ4n) is 4.34. The fourth-order valence-corrected chi connectivity index (χ4v) is 5.13. The van der Waals surface area contributed by atoms with Gasteiger partial charge in [0.2, 0.25) is 0 Å². The summed E-state index contributed by atoms with van der Waals surface area (Å²) in [4.78, 5) is 21.1. The molecule has 2 aromatic rings. The molecule has 0 bridgehead atoms. The quantitative estimate of drug-likeness (QED) is 0.310. The van der Waals surface area contributed by atoms with Gasteiger partial charge in [-0.25, -0.2) is 17.6 Å². The molecule has 194 valence electrons. The summed E-state index contributed by atoms with van der Waals surface area (Å²) in [7, 11) is 0. The van der Waals surface area contributed by atoms with Crippen molar-refractivity contribution in [2.45, 2.75) is 84.7 Å². The number of hydrogen-bond acceptors (Lipinski definition) is 5.